The highest BCUT2D eigenvalue weighted by Gasteiger charge is 2.36. The second-order valence-electron chi connectivity index (χ2n) is 9.07. The number of ketones is 1. The van der Waals surface area contributed by atoms with Crippen molar-refractivity contribution in [3.8, 4) is 5.75 Å². The van der Waals surface area contributed by atoms with Gasteiger partial charge in [0.15, 0.2) is 5.78 Å². The number of carbonyl (C=O) groups is 1. The topological polar surface area (TPSA) is 75.8 Å². The molecular weight excluding hydrogens is 512 g/mol. The number of carbonyl (C=O) groups excluding carboxylic acids is 1. The van der Waals surface area contributed by atoms with E-state index in [1.54, 1.807) is 21.3 Å². The Kier molecular flexibility index (Phi) is 29.9. The lowest BCUT2D eigenvalue weighted by atomic mass is 10.1. The van der Waals surface area contributed by atoms with Gasteiger partial charge in [-0.2, -0.15) is 0 Å². The van der Waals surface area contributed by atoms with Gasteiger partial charge in [-0.3, -0.25) is 4.79 Å². The van der Waals surface area contributed by atoms with Crippen LogP contribution in [0, 0.1) is 0 Å². The van der Waals surface area contributed by atoms with Gasteiger partial charge in [-0.15, -0.1) is 0 Å². The van der Waals surface area contributed by atoms with Crippen molar-refractivity contribution in [1.29, 1.82) is 0 Å². The molecule has 8 heteroatoms. The smallest absolute Gasteiger partial charge is 0.494 e. The Bertz CT molecular complexity index is 641. The summed E-state index contributed by atoms with van der Waals surface area (Å²) in [5.74, 6) is 1.14. The minimum Gasteiger partial charge on any atom is -0.494 e. The molecule has 0 aromatic heterocycles. The largest absolute Gasteiger partial charge is 0.500 e. The molecule has 0 amide bonds. The molecule has 1 fully saturated rings. The first kappa shape index (κ1) is 39.6. The van der Waals surface area contributed by atoms with Gasteiger partial charge in [0.1, 0.15) is 11.9 Å². The summed E-state index contributed by atoms with van der Waals surface area (Å²) in [6, 6.07) is 10.8. The number of ether oxygens (including phenoxy) is 3. The van der Waals surface area contributed by atoms with Gasteiger partial charge in [-0.1, -0.05) is 84.6 Å². The first-order valence-corrected chi connectivity index (χ1v) is 16.5. The Balaban J connectivity index is 0. The molecule has 1 aromatic carbocycles. The number of epoxide rings is 1. The van der Waals surface area contributed by atoms with Crippen LogP contribution in [0.1, 0.15) is 85.5 Å². The molecule has 0 N–H and O–H groups in total. The van der Waals surface area contributed by atoms with Crippen molar-refractivity contribution in [3.05, 3.63) is 43.0 Å². The van der Waals surface area contributed by atoms with E-state index in [1.807, 2.05) is 30.3 Å². The van der Waals surface area contributed by atoms with Gasteiger partial charge in [-0.05, 0) is 37.5 Å². The molecule has 0 aliphatic carbocycles. The highest BCUT2D eigenvalue weighted by atomic mass is 28.4. The lowest BCUT2D eigenvalue weighted by Gasteiger charge is -2.23. The van der Waals surface area contributed by atoms with Crippen LogP contribution in [0.15, 0.2) is 43.0 Å². The highest BCUT2D eigenvalue weighted by molar-refractivity contribution is 6.60. The van der Waals surface area contributed by atoms with E-state index in [0.29, 0.717) is 12.5 Å². The molecule has 1 heterocycles. The lowest BCUT2D eigenvalue weighted by Crippen LogP contribution is -2.42. The zero-order chi connectivity index (χ0) is 29.6. The summed E-state index contributed by atoms with van der Waals surface area (Å²) in [4.78, 5) is 10.6. The van der Waals surface area contributed by atoms with Crippen LogP contribution in [0.3, 0.4) is 0 Å². The average molecular weight is 571 g/mol. The Labute approximate surface area is 240 Å². The van der Waals surface area contributed by atoms with Crippen LogP contribution in [0.25, 0.3) is 0 Å². The standard InChI is InChI=1S/C10H14O.C8H14O.C7H14O2.C6H16O3Si/c1-2-3-9-11-10-7-5-4-6-8-10;1-3-5-6-7-8(9)4-2;1-2-3-4-8-5-7-6-9-7;1-5-6-10(7-2,8-3)9-4/h4-8H,2-3,9H2,1H3;4H,2-3,5-7H2,1H3;7H,2-6H2,1H3;5-6H2,1-4H3. The summed E-state index contributed by atoms with van der Waals surface area (Å²) in [7, 11) is 2.68. The van der Waals surface area contributed by atoms with Crippen LogP contribution in [0.2, 0.25) is 6.04 Å². The number of para-hydroxylation sites is 1. The predicted octanol–water partition coefficient (Wildman–Crippen LogP) is 7.66. The number of benzene rings is 1. The van der Waals surface area contributed by atoms with Crippen LogP contribution in [0.4, 0.5) is 0 Å². The molecule has 1 aliphatic heterocycles. The van der Waals surface area contributed by atoms with E-state index in [1.165, 1.54) is 31.8 Å². The van der Waals surface area contributed by atoms with E-state index < -0.39 is 8.80 Å². The maximum atomic E-state index is 10.6. The fourth-order valence-electron chi connectivity index (χ4n) is 2.99. The Morgan fingerprint density at radius 3 is 1.90 bits per heavy atom. The zero-order valence-corrected chi connectivity index (χ0v) is 27.0. The van der Waals surface area contributed by atoms with Gasteiger partial charge >= 0.3 is 8.80 Å². The van der Waals surface area contributed by atoms with Gasteiger partial charge in [0.25, 0.3) is 0 Å². The first-order chi connectivity index (χ1) is 18.9. The molecule has 1 atom stereocenters. The van der Waals surface area contributed by atoms with Crippen molar-refractivity contribution < 1.29 is 32.3 Å². The van der Waals surface area contributed by atoms with Crippen molar-refractivity contribution in [2.45, 2.75) is 97.6 Å². The Morgan fingerprint density at radius 2 is 1.46 bits per heavy atom. The van der Waals surface area contributed by atoms with Crippen molar-refractivity contribution in [1.82, 2.24) is 0 Å². The quantitative estimate of drug-likeness (QED) is 0.0731. The second kappa shape index (κ2) is 29.4. The maximum Gasteiger partial charge on any atom is 0.500 e. The van der Waals surface area contributed by atoms with Crippen molar-refractivity contribution >= 4 is 14.6 Å². The number of allylic oxidation sites excluding steroid dienone is 1. The minimum atomic E-state index is -2.22. The molecular formula is C31H58O7Si. The van der Waals surface area contributed by atoms with Crippen LogP contribution in [0.5, 0.6) is 5.75 Å². The molecule has 1 aliphatic rings. The fraction of sp³-hybridized carbons (Fsp3) is 0.710. The molecule has 0 spiro atoms. The molecule has 0 radical (unpaired) electrons. The zero-order valence-electron chi connectivity index (χ0n) is 26.0. The normalized spacial score (nSPS) is 13.5. The second-order valence-corrected chi connectivity index (χ2v) is 12.2. The molecule has 0 saturated carbocycles. The number of hydrogen-bond donors (Lipinski definition) is 0. The van der Waals surface area contributed by atoms with E-state index in [9.17, 15) is 4.79 Å². The Hall–Kier alpha value is -1.55. The summed E-state index contributed by atoms with van der Waals surface area (Å²) < 4.78 is 31.2. The summed E-state index contributed by atoms with van der Waals surface area (Å²) in [5.41, 5.74) is 0. The minimum absolute atomic E-state index is 0.170. The number of rotatable bonds is 19. The maximum absolute atomic E-state index is 10.6. The van der Waals surface area contributed by atoms with E-state index in [2.05, 4.69) is 34.3 Å². The van der Waals surface area contributed by atoms with E-state index in [-0.39, 0.29) is 5.78 Å². The van der Waals surface area contributed by atoms with Gasteiger partial charge < -0.3 is 27.5 Å². The molecule has 1 aromatic rings. The number of unbranched alkanes of at least 4 members (excludes halogenated alkanes) is 4. The molecule has 39 heavy (non-hydrogen) atoms. The average Bonchev–Trinajstić information content (AvgIpc) is 3.81. The van der Waals surface area contributed by atoms with Gasteiger partial charge in [0.2, 0.25) is 0 Å². The SMILES string of the molecule is C=CC(=O)CCCCC.CCCCOCC1CO1.CCCCOc1ccccc1.CCC[Si](OC)(OC)OC. The first-order valence-electron chi connectivity index (χ1n) is 14.6. The fourth-order valence-corrected chi connectivity index (χ4v) is 4.71. The van der Waals surface area contributed by atoms with Crippen molar-refractivity contribution in [3.63, 3.8) is 0 Å². The molecule has 0 bridgehead atoms. The number of hydrogen-bond acceptors (Lipinski definition) is 7. The third-order valence-electron chi connectivity index (χ3n) is 5.60. The van der Waals surface area contributed by atoms with Crippen LogP contribution in [-0.2, 0) is 27.5 Å². The van der Waals surface area contributed by atoms with Gasteiger partial charge in [0, 0.05) is 40.4 Å². The van der Waals surface area contributed by atoms with Crippen molar-refractivity contribution in [2.24, 2.45) is 0 Å². The predicted molar refractivity (Wildman–Crippen MR) is 164 cm³/mol. The summed E-state index contributed by atoms with van der Waals surface area (Å²) >= 11 is 0. The molecule has 1 saturated heterocycles. The highest BCUT2D eigenvalue weighted by Crippen LogP contribution is 2.14. The Morgan fingerprint density at radius 1 is 0.897 bits per heavy atom. The van der Waals surface area contributed by atoms with Crippen LogP contribution in [-0.4, -0.2) is 68.4 Å². The van der Waals surface area contributed by atoms with E-state index >= 15 is 0 Å². The van der Waals surface area contributed by atoms with Gasteiger partial charge in [-0.25, -0.2) is 0 Å². The van der Waals surface area contributed by atoms with Crippen LogP contribution >= 0.6 is 0 Å². The van der Waals surface area contributed by atoms with Crippen LogP contribution < -0.4 is 4.74 Å². The lowest BCUT2D eigenvalue weighted by molar-refractivity contribution is -0.114. The molecule has 7 nitrogen and oxygen atoms in total. The van der Waals surface area contributed by atoms with Crippen molar-refractivity contribution in [2.75, 3.05) is 47.8 Å². The summed E-state index contributed by atoms with van der Waals surface area (Å²) in [6.45, 7) is 15.4. The molecule has 228 valence electrons. The third kappa shape index (κ3) is 26.4. The summed E-state index contributed by atoms with van der Waals surface area (Å²) in [5, 5.41) is 0. The summed E-state index contributed by atoms with van der Waals surface area (Å²) in [6.07, 6.45) is 11.6. The monoisotopic (exact) mass is 570 g/mol. The third-order valence-corrected chi connectivity index (χ3v) is 8.58. The van der Waals surface area contributed by atoms with Gasteiger partial charge in [0.05, 0.1) is 19.8 Å². The molecule has 1 unspecified atom stereocenters. The van der Waals surface area contributed by atoms with E-state index in [4.69, 9.17) is 27.5 Å². The molecule has 2 rings (SSSR count). The van der Waals surface area contributed by atoms with E-state index in [0.717, 1.165) is 63.9 Å².